The summed E-state index contributed by atoms with van der Waals surface area (Å²) in [4.78, 5) is 4.44. The standard InChI is InChI=1S/C9H16N2S/c1-4-8(7(3)10)9-11-6(2)5-12-9/h5,7-8H,4,10H2,1-3H3. The summed E-state index contributed by atoms with van der Waals surface area (Å²) in [5.41, 5.74) is 6.96. The second kappa shape index (κ2) is 4.01. The molecule has 0 spiro atoms. The van der Waals surface area contributed by atoms with Gasteiger partial charge in [0.25, 0.3) is 0 Å². The third kappa shape index (κ3) is 2.05. The highest BCUT2D eigenvalue weighted by Crippen LogP contribution is 2.25. The molecule has 2 nitrogen and oxygen atoms in total. The third-order valence-corrected chi connectivity index (χ3v) is 3.12. The molecular formula is C9H16N2S. The van der Waals surface area contributed by atoms with Gasteiger partial charge >= 0.3 is 0 Å². The highest BCUT2D eigenvalue weighted by atomic mass is 32.1. The lowest BCUT2D eigenvalue weighted by Gasteiger charge is -2.15. The van der Waals surface area contributed by atoms with Crippen molar-refractivity contribution in [3.63, 3.8) is 0 Å². The molecule has 68 valence electrons. The molecule has 0 aliphatic rings. The number of hydrogen-bond acceptors (Lipinski definition) is 3. The van der Waals surface area contributed by atoms with Crippen LogP contribution in [0.5, 0.6) is 0 Å². The first-order chi connectivity index (χ1) is 5.65. The molecule has 0 saturated carbocycles. The zero-order valence-electron chi connectivity index (χ0n) is 7.87. The lowest BCUT2D eigenvalue weighted by Crippen LogP contribution is -2.24. The molecule has 0 bridgehead atoms. The molecule has 2 N–H and O–H groups in total. The van der Waals surface area contributed by atoms with E-state index in [9.17, 15) is 0 Å². The smallest absolute Gasteiger partial charge is 0.0974 e. The molecule has 2 atom stereocenters. The number of nitrogens with two attached hydrogens (primary N) is 1. The lowest BCUT2D eigenvalue weighted by atomic mass is 10.0. The van der Waals surface area contributed by atoms with Crippen LogP contribution in [-0.4, -0.2) is 11.0 Å². The van der Waals surface area contributed by atoms with Crippen LogP contribution < -0.4 is 5.73 Å². The van der Waals surface area contributed by atoms with Crippen LogP contribution >= 0.6 is 11.3 Å². The Morgan fingerprint density at radius 1 is 1.67 bits per heavy atom. The predicted octanol–water partition coefficient (Wildman–Crippen LogP) is 2.29. The third-order valence-electron chi connectivity index (χ3n) is 2.03. The topological polar surface area (TPSA) is 38.9 Å². The molecule has 0 radical (unpaired) electrons. The normalized spacial score (nSPS) is 16.0. The van der Waals surface area contributed by atoms with Crippen LogP contribution in [0.25, 0.3) is 0 Å². The van der Waals surface area contributed by atoms with Gasteiger partial charge in [0.15, 0.2) is 0 Å². The summed E-state index contributed by atoms with van der Waals surface area (Å²) in [6.45, 7) is 6.23. The van der Waals surface area contributed by atoms with E-state index in [1.165, 1.54) is 5.01 Å². The second-order valence-electron chi connectivity index (χ2n) is 3.20. The molecule has 1 aromatic heterocycles. The number of thiazole rings is 1. The van der Waals surface area contributed by atoms with Crippen molar-refractivity contribution in [3.05, 3.63) is 16.1 Å². The highest BCUT2D eigenvalue weighted by Gasteiger charge is 2.16. The van der Waals surface area contributed by atoms with Gasteiger partial charge in [0, 0.05) is 23.0 Å². The Kier molecular flexibility index (Phi) is 3.23. The molecule has 3 heteroatoms. The molecule has 12 heavy (non-hydrogen) atoms. The van der Waals surface area contributed by atoms with Crippen molar-refractivity contribution < 1.29 is 0 Å². The van der Waals surface area contributed by atoms with E-state index in [0.717, 1.165) is 12.1 Å². The maximum absolute atomic E-state index is 5.86. The van der Waals surface area contributed by atoms with Gasteiger partial charge in [-0.2, -0.15) is 0 Å². The molecule has 0 aliphatic heterocycles. The average molecular weight is 184 g/mol. The molecule has 0 aromatic carbocycles. The molecule has 0 fully saturated rings. The molecule has 2 unspecified atom stereocenters. The fourth-order valence-corrected chi connectivity index (χ4v) is 2.41. The van der Waals surface area contributed by atoms with Gasteiger partial charge in [-0.25, -0.2) is 4.98 Å². The number of hydrogen-bond donors (Lipinski definition) is 1. The maximum Gasteiger partial charge on any atom is 0.0974 e. The number of aromatic nitrogens is 1. The summed E-state index contributed by atoms with van der Waals surface area (Å²) in [6, 6.07) is 0.209. The van der Waals surface area contributed by atoms with E-state index in [4.69, 9.17) is 5.73 Å². The summed E-state index contributed by atoms with van der Waals surface area (Å²) in [6.07, 6.45) is 1.07. The quantitative estimate of drug-likeness (QED) is 0.782. The summed E-state index contributed by atoms with van der Waals surface area (Å²) in [5.74, 6) is 0.434. The van der Waals surface area contributed by atoms with Crippen LogP contribution in [0.4, 0.5) is 0 Å². The van der Waals surface area contributed by atoms with Crippen LogP contribution in [0.2, 0.25) is 0 Å². The van der Waals surface area contributed by atoms with E-state index < -0.39 is 0 Å². The van der Waals surface area contributed by atoms with E-state index in [0.29, 0.717) is 5.92 Å². The Bertz CT molecular complexity index is 242. The van der Waals surface area contributed by atoms with Crippen molar-refractivity contribution in [2.75, 3.05) is 0 Å². The molecule has 1 heterocycles. The van der Waals surface area contributed by atoms with E-state index in [1.54, 1.807) is 11.3 Å². The maximum atomic E-state index is 5.86. The lowest BCUT2D eigenvalue weighted by molar-refractivity contribution is 0.549. The summed E-state index contributed by atoms with van der Waals surface area (Å²) < 4.78 is 0. The van der Waals surface area contributed by atoms with Crippen LogP contribution in [0.1, 0.15) is 36.9 Å². The van der Waals surface area contributed by atoms with E-state index in [2.05, 4.69) is 17.3 Å². The summed E-state index contributed by atoms with van der Waals surface area (Å²) >= 11 is 1.72. The summed E-state index contributed by atoms with van der Waals surface area (Å²) in [5, 5.41) is 3.27. The van der Waals surface area contributed by atoms with Crippen molar-refractivity contribution in [3.8, 4) is 0 Å². The van der Waals surface area contributed by atoms with Gasteiger partial charge in [-0.3, -0.25) is 0 Å². The molecule has 0 aliphatic carbocycles. The molecule has 0 amide bonds. The van der Waals surface area contributed by atoms with E-state index in [1.807, 2.05) is 13.8 Å². The van der Waals surface area contributed by atoms with Gasteiger partial charge in [-0.15, -0.1) is 11.3 Å². The highest BCUT2D eigenvalue weighted by molar-refractivity contribution is 7.09. The molecule has 1 rings (SSSR count). The van der Waals surface area contributed by atoms with Crippen LogP contribution in [0.3, 0.4) is 0 Å². The zero-order chi connectivity index (χ0) is 9.14. The van der Waals surface area contributed by atoms with Gasteiger partial charge < -0.3 is 5.73 Å². The number of aryl methyl sites for hydroxylation is 1. The van der Waals surface area contributed by atoms with Gasteiger partial charge in [-0.1, -0.05) is 6.92 Å². The molecular weight excluding hydrogens is 168 g/mol. The Morgan fingerprint density at radius 2 is 2.33 bits per heavy atom. The van der Waals surface area contributed by atoms with Crippen LogP contribution in [0.15, 0.2) is 5.38 Å². The zero-order valence-corrected chi connectivity index (χ0v) is 8.69. The SMILES string of the molecule is CCC(c1nc(C)cs1)C(C)N. The fourth-order valence-electron chi connectivity index (χ4n) is 1.31. The first-order valence-electron chi connectivity index (χ1n) is 4.32. The van der Waals surface area contributed by atoms with Crippen molar-refractivity contribution >= 4 is 11.3 Å². The number of nitrogens with zero attached hydrogens (tertiary/aromatic N) is 1. The Morgan fingerprint density at radius 3 is 2.67 bits per heavy atom. The average Bonchev–Trinajstić information content (AvgIpc) is 2.37. The molecule has 0 saturated heterocycles. The Labute approximate surface area is 77.8 Å². The first kappa shape index (κ1) is 9.68. The van der Waals surface area contributed by atoms with Gasteiger partial charge in [0.1, 0.15) is 0 Å². The van der Waals surface area contributed by atoms with Gasteiger partial charge in [-0.05, 0) is 20.3 Å². The minimum Gasteiger partial charge on any atom is -0.327 e. The van der Waals surface area contributed by atoms with E-state index >= 15 is 0 Å². The molecule has 1 aromatic rings. The van der Waals surface area contributed by atoms with Gasteiger partial charge in [0.2, 0.25) is 0 Å². The van der Waals surface area contributed by atoms with Gasteiger partial charge in [0.05, 0.1) is 5.01 Å². The minimum absolute atomic E-state index is 0.209. The predicted molar refractivity (Wildman–Crippen MR) is 53.5 cm³/mol. The second-order valence-corrected chi connectivity index (χ2v) is 4.09. The summed E-state index contributed by atoms with van der Waals surface area (Å²) in [7, 11) is 0. The largest absolute Gasteiger partial charge is 0.327 e. The van der Waals surface area contributed by atoms with Crippen molar-refractivity contribution in [1.29, 1.82) is 0 Å². The van der Waals surface area contributed by atoms with Crippen molar-refractivity contribution in [2.45, 2.75) is 39.2 Å². The Hall–Kier alpha value is -0.410. The van der Waals surface area contributed by atoms with E-state index in [-0.39, 0.29) is 6.04 Å². The fraction of sp³-hybridized carbons (Fsp3) is 0.667. The van der Waals surface area contributed by atoms with Crippen molar-refractivity contribution in [1.82, 2.24) is 4.98 Å². The minimum atomic E-state index is 0.209. The van der Waals surface area contributed by atoms with Crippen molar-refractivity contribution in [2.24, 2.45) is 5.73 Å². The Balaban J connectivity index is 2.80. The van der Waals surface area contributed by atoms with Crippen LogP contribution in [0, 0.1) is 6.92 Å². The monoisotopic (exact) mass is 184 g/mol. The number of rotatable bonds is 3. The van der Waals surface area contributed by atoms with Crippen LogP contribution in [-0.2, 0) is 0 Å². The first-order valence-corrected chi connectivity index (χ1v) is 5.20.